The van der Waals surface area contributed by atoms with Crippen LogP contribution in [-0.4, -0.2) is 18.4 Å². The van der Waals surface area contributed by atoms with Crippen molar-refractivity contribution in [1.82, 2.24) is 0 Å². The van der Waals surface area contributed by atoms with Crippen molar-refractivity contribution < 1.29 is 23.1 Å². The Bertz CT molecular complexity index is 851. The molecule has 0 aliphatic heterocycles. The number of carbonyl (C=O) groups excluding carboxylic acids is 2. The van der Waals surface area contributed by atoms with Gasteiger partial charge in [0, 0.05) is 22.4 Å². The number of hydrogen-bond donors (Lipinski definition) is 2. The van der Waals surface area contributed by atoms with E-state index in [0.29, 0.717) is 16.9 Å². The van der Waals surface area contributed by atoms with Gasteiger partial charge < -0.3 is 15.4 Å². The first kappa shape index (κ1) is 20.6. The molecule has 0 unspecified atom stereocenters. The van der Waals surface area contributed by atoms with E-state index in [9.17, 15) is 18.4 Å². The van der Waals surface area contributed by atoms with Crippen molar-refractivity contribution in [3.8, 4) is 5.75 Å². The predicted molar refractivity (Wildman–Crippen MR) is 101 cm³/mol. The van der Waals surface area contributed by atoms with E-state index in [4.69, 9.17) is 11.6 Å². The van der Waals surface area contributed by atoms with Gasteiger partial charge in [0.1, 0.15) is 5.75 Å². The first-order chi connectivity index (χ1) is 12.6. The smallest absolute Gasteiger partial charge is 0.387 e. The fourth-order valence-corrected chi connectivity index (χ4v) is 2.26. The molecule has 5 nitrogen and oxygen atoms in total. The molecule has 2 rings (SSSR count). The minimum absolute atomic E-state index is 0.0562. The molecule has 0 saturated carbocycles. The van der Waals surface area contributed by atoms with Crippen LogP contribution in [0.4, 0.5) is 20.2 Å². The lowest BCUT2D eigenvalue weighted by Gasteiger charge is -2.18. The maximum Gasteiger partial charge on any atom is 0.387 e. The summed E-state index contributed by atoms with van der Waals surface area (Å²) in [7, 11) is 0. The van der Waals surface area contributed by atoms with E-state index >= 15 is 0 Å². The third kappa shape index (κ3) is 5.92. The van der Waals surface area contributed by atoms with Crippen LogP contribution < -0.4 is 15.4 Å². The molecule has 2 amide bonds. The number of halogens is 3. The number of rotatable bonds is 5. The van der Waals surface area contributed by atoms with Crippen molar-refractivity contribution in [3.63, 3.8) is 0 Å². The Morgan fingerprint density at radius 1 is 1.04 bits per heavy atom. The maximum absolute atomic E-state index is 12.4. The molecule has 0 saturated heterocycles. The van der Waals surface area contributed by atoms with E-state index in [0.717, 1.165) is 0 Å². The molecule has 8 heteroatoms. The van der Waals surface area contributed by atoms with E-state index in [-0.39, 0.29) is 16.7 Å². The van der Waals surface area contributed by atoms with Crippen molar-refractivity contribution in [2.45, 2.75) is 27.4 Å². The molecule has 2 aromatic rings. The summed E-state index contributed by atoms with van der Waals surface area (Å²) in [5.74, 6) is -0.807. The monoisotopic (exact) mass is 396 g/mol. The summed E-state index contributed by atoms with van der Waals surface area (Å²) < 4.78 is 28.8. The Morgan fingerprint density at radius 2 is 1.70 bits per heavy atom. The molecule has 27 heavy (non-hydrogen) atoms. The van der Waals surface area contributed by atoms with Crippen molar-refractivity contribution in [1.29, 1.82) is 0 Å². The average molecular weight is 397 g/mol. The lowest BCUT2D eigenvalue weighted by Crippen LogP contribution is -2.27. The van der Waals surface area contributed by atoms with Gasteiger partial charge in [-0.25, -0.2) is 0 Å². The molecule has 2 N–H and O–H groups in total. The van der Waals surface area contributed by atoms with Crippen LogP contribution in [0.1, 0.15) is 31.1 Å². The van der Waals surface area contributed by atoms with Gasteiger partial charge in [0.05, 0.1) is 5.02 Å². The van der Waals surface area contributed by atoms with Gasteiger partial charge >= 0.3 is 6.61 Å². The number of benzene rings is 2. The van der Waals surface area contributed by atoms with Gasteiger partial charge in [-0.2, -0.15) is 8.78 Å². The quantitative estimate of drug-likeness (QED) is 0.731. The van der Waals surface area contributed by atoms with Crippen LogP contribution in [0.3, 0.4) is 0 Å². The van der Waals surface area contributed by atoms with Crippen molar-refractivity contribution in [3.05, 3.63) is 53.1 Å². The van der Waals surface area contributed by atoms with Gasteiger partial charge in [-0.1, -0.05) is 38.4 Å². The largest absolute Gasteiger partial charge is 0.433 e. The first-order valence-electron chi connectivity index (χ1n) is 8.03. The second-order valence-electron chi connectivity index (χ2n) is 6.76. The summed E-state index contributed by atoms with van der Waals surface area (Å²) in [5.41, 5.74) is 0.541. The highest BCUT2D eigenvalue weighted by atomic mass is 35.5. The maximum atomic E-state index is 12.4. The van der Waals surface area contributed by atoms with Crippen LogP contribution in [0.5, 0.6) is 5.75 Å². The van der Waals surface area contributed by atoms with Crippen LogP contribution in [0.25, 0.3) is 0 Å². The summed E-state index contributed by atoms with van der Waals surface area (Å²) in [6.45, 7) is 2.35. The van der Waals surface area contributed by atoms with Crippen LogP contribution in [0.2, 0.25) is 5.02 Å². The van der Waals surface area contributed by atoms with Crippen LogP contribution >= 0.6 is 11.6 Å². The number of anilines is 2. The highest BCUT2D eigenvalue weighted by Crippen LogP contribution is 2.29. The SMILES string of the molecule is CC(C)(C)C(=O)Nc1cccc(C(=O)Nc2ccc(OC(F)F)c(Cl)c2)c1. The van der Waals surface area contributed by atoms with Crippen LogP contribution in [0, 0.1) is 5.41 Å². The van der Waals surface area contributed by atoms with Gasteiger partial charge in [0.25, 0.3) is 5.91 Å². The normalized spacial score (nSPS) is 11.2. The molecule has 0 bridgehead atoms. The lowest BCUT2D eigenvalue weighted by molar-refractivity contribution is -0.123. The van der Waals surface area contributed by atoms with Gasteiger partial charge in [-0.05, 0) is 36.4 Å². The molecule has 0 atom stereocenters. The standard InChI is InChI=1S/C19H19ClF2N2O3/c1-19(2,3)17(26)24-12-6-4-5-11(9-12)16(25)23-13-7-8-15(14(20)10-13)27-18(21)22/h4-10,18H,1-3H3,(H,23,25)(H,24,26). The summed E-state index contributed by atoms with van der Waals surface area (Å²) in [6.07, 6.45) is 0. The number of ether oxygens (including phenoxy) is 1. The number of carbonyl (C=O) groups is 2. The zero-order chi connectivity index (χ0) is 20.2. The van der Waals surface area contributed by atoms with Gasteiger partial charge in [0.15, 0.2) is 0 Å². The Balaban J connectivity index is 2.11. The van der Waals surface area contributed by atoms with Crippen LogP contribution in [-0.2, 0) is 4.79 Å². The Morgan fingerprint density at radius 3 is 2.30 bits per heavy atom. The topological polar surface area (TPSA) is 67.4 Å². The Kier molecular flexibility index (Phi) is 6.38. The molecule has 144 valence electrons. The van der Waals surface area contributed by atoms with E-state index in [1.54, 1.807) is 39.0 Å². The Hall–Kier alpha value is -2.67. The second-order valence-corrected chi connectivity index (χ2v) is 7.17. The van der Waals surface area contributed by atoms with Crippen molar-refractivity contribution in [2.24, 2.45) is 5.41 Å². The molecule has 0 heterocycles. The lowest BCUT2D eigenvalue weighted by atomic mass is 9.95. The molecule has 0 radical (unpaired) electrons. The number of nitrogens with one attached hydrogen (secondary N) is 2. The molecular formula is C19H19ClF2N2O3. The number of hydrogen-bond acceptors (Lipinski definition) is 3. The highest BCUT2D eigenvalue weighted by molar-refractivity contribution is 6.32. The summed E-state index contributed by atoms with van der Waals surface area (Å²) in [6, 6.07) is 10.4. The number of alkyl halides is 2. The summed E-state index contributed by atoms with van der Waals surface area (Å²) in [5, 5.41) is 5.30. The zero-order valence-corrected chi connectivity index (χ0v) is 15.7. The molecule has 0 fully saturated rings. The summed E-state index contributed by atoms with van der Waals surface area (Å²) in [4.78, 5) is 24.5. The molecule has 0 aliphatic carbocycles. The van der Waals surface area contributed by atoms with E-state index in [1.807, 2.05) is 0 Å². The van der Waals surface area contributed by atoms with E-state index < -0.39 is 17.9 Å². The van der Waals surface area contributed by atoms with Gasteiger partial charge in [-0.3, -0.25) is 9.59 Å². The van der Waals surface area contributed by atoms with Crippen LogP contribution in [0.15, 0.2) is 42.5 Å². The number of amides is 2. The first-order valence-corrected chi connectivity index (χ1v) is 8.41. The van der Waals surface area contributed by atoms with E-state index in [1.165, 1.54) is 24.3 Å². The average Bonchev–Trinajstić information content (AvgIpc) is 2.56. The van der Waals surface area contributed by atoms with Gasteiger partial charge in [0.2, 0.25) is 5.91 Å². The van der Waals surface area contributed by atoms with Crippen molar-refractivity contribution >= 4 is 34.8 Å². The zero-order valence-electron chi connectivity index (χ0n) is 15.0. The molecular weight excluding hydrogens is 378 g/mol. The minimum atomic E-state index is -2.99. The third-order valence-corrected chi connectivity index (χ3v) is 3.76. The predicted octanol–water partition coefficient (Wildman–Crippen LogP) is 5.18. The Labute approximate surface area is 160 Å². The molecule has 2 aromatic carbocycles. The fraction of sp³-hybridized carbons (Fsp3) is 0.263. The molecule has 0 spiro atoms. The molecule has 0 aliphatic rings. The summed E-state index contributed by atoms with van der Waals surface area (Å²) >= 11 is 5.87. The molecule has 0 aromatic heterocycles. The van der Waals surface area contributed by atoms with Gasteiger partial charge in [-0.15, -0.1) is 0 Å². The fourth-order valence-electron chi connectivity index (χ4n) is 2.03. The minimum Gasteiger partial charge on any atom is -0.433 e. The van der Waals surface area contributed by atoms with E-state index in [2.05, 4.69) is 15.4 Å². The highest BCUT2D eigenvalue weighted by Gasteiger charge is 2.21. The third-order valence-electron chi connectivity index (χ3n) is 3.47. The second kappa shape index (κ2) is 8.35. The van der Waals surface area contributed by atoms with Crippen molar-refractivity contribution in [2.75, 3.05) is 10.6 Å².